The van der Waals surface area contributed by atoms with Crippen molar-refractivity contribution in [1.82, 2.24) is 15.0 Å². The first-order valence-electron chi connectivity index (χ1n) is 13.5. The fraction of sp³-hybridized carbons (Fsp3) is 0.367. The molecule has 0 aliphatic heterocycles. The Labute approximate surface area is 241 Å². The molecule has 11 heteroatoms. The molecule has 2 aromatic heterocycles. The second-order valence-corrected chi connectivity index (χ2v) is 10.7. The molecule has 41 heavy (non-hydrogen) atoms. The lowest BCUT2D eigenvalue weighted by atomic mass is 9.85. The molecule has 1 aliphatic carbocycles. The van der Waals surface area contributed by atoms with Crippen LogP contribution in [0.2, 0.25) is 5.02 Å². The number of aromatic nitrogens is 3. The van der Waals surface area contributed by atoms with Crippen molar-refractivity contribution in [3.63, 3.8) is 0 Å². The molecule has 216 valence electrons. The van der Waals surface area contributed by atoms with Gasteiger partial charge in [-0.2, -0.15) is 4.98 Å². The van der Waals surface area contributed by atoms with Crippen LogP contribution in [0.1, 0.15) is 24.8 Å². The summed E-state index contributed by atoms with van der Waals surface area (Å²) in [7, 11) is 0. The quantitative estimate of drug-likeness (QED) is 0.177. The molecule has 5 rings (SSSR count). The van der Waals surface area contributed by atoms with Gasteiger partial charge in [0.1, 0.15) is 18.8 Å². The molecule has 1 aliphatic rings. The minimum absolute atomic E-state index is 0.0324. The smallest absolute Gasteiger partial charge is 0.310 e. The number of aliphatic hydroxyl groups excluding tert-OH is 4. The monoisotopic (exact) mass is 581 g/mol. The number of carbonyl (C=O) groups is 1. The molecule has 1 fully saturated rings. The molecular weight excluding hydrogens is 550 g/mol. The maximum Gasteiger partial charge on any atom is 0.310 e. The van der Waals surface area contributed by atoms with Crippen molar-refractivity contribution in [2.75, 3.05) is 19.8 Å². The van der Waals surface area contributed by atoms with E-state index in [0.29, 0.717) is 40.7 Å². The van der Waals surface area contributed by atoms with Gasteiger partial charge < -0.3 is 34.9 Å². The first-order valence-corrected chi connectivity index (χ1v) is 13.9. The first-order chi connectivity index (χ1) is 19.8. The summed E-state index contributed by atoms with van der Waals surface area (Å²) in [5, 5.41) is 38.1. The van der Waals surface area contributed by atoms with E-state index < -0.39 is 24.8 Å². The van der Waals surface area contributed by atoms with E-state index in [-0.39, 0.29) is 31.7 Å². The number of aromatic amines is 1. The van der Waals surface area contributed by atoms with Crippen LogP contribution in [-0.4, -0.2) is 79.5 Å². The molecule has 5 N–H and O–H groups in total. The number of H-pyrrole nitrogens is 1. The molecule has 0 radical (unpaired) electrons. The summed E-state index contributed by atoms with van der Waals surface area (Å²) in [6, 6.07) is 17.4. The average molecular weight is 582 g/mol. The molecule has 2 heterocycles. The maximum atomic E-state index is 11.9. The fourth-order valence-electron chi connectivity index (χ4n) is 4.90. The van der Waals surface area contributed by atoms with Gasteiger partial charge in [-0.25, -0.2) is 4.98 Å². The highest BCUT2D eigenvalue weighted by Crippen LogP contribution is 2.32. The number of hydrogen-bond donors (Lipinski definition) is 5. The third-order valence-corrected chi connectivity index (χ3v) is 7.56. The molecule has 2 aromatic carbocycles. The summed E-state index contributed by atoms with van der Waals surface area (Å²) in [6.45, 7) is -0.731. The predicted octanol–water partition coefficient (Wildman–Crippen LogP) is 3.28. The van der Waals surface area contributed by atoms with Gasteiger partial charge in [0.05, 0.1) is 35.4 Å². The number of benzene rings is 2. The highest BCUT2D eigenvalue weighted by molar-refractivity contribution is 6.33. The number of ether oxygens (including phenoxy) is 2. The number of esters is 1. The number of nitrogens with one attached hydrogen (secondary N) is 1. The van der Waals surface area contributed by atoms with Gasteiger partial charge in [0, 0.05) is 24.5 Å². The Morgan fingerprint density at radius 2 is 1.71 bits per heavy atom. The van der Waals surface area contributed by atoms with Crippen LogP contribution >= 0.6 is 11.6 Å². The summed E-state index contributed by atoms with van der Waals surface area (Å²) >= 11 is 6.58. The second kappa shape index (κ2) is 13.0. The molecule has 1 unspecified atom stereocenters. The van der Waals surface area contributed by atoms with Crippen LogP contribution in [0.4, 0.5) is 0 Å². The maximum absolute atomic E-state index is 11.9. The van der Waals surface area contributed by atoms with Crippen molar-refractivity contribution in [3.8, 4) is 28.4 Å². The molecule has 0 saturated heterocycles. The Kier molecular flexibility index (Phi) is 9.16. The van der Waals surface area contributed by atoms with Crippen LogP contribution in [-0.2, 0) is 16.0 Å². The lowest BCUT2D eigenvalue weighted by molar-refractivity contribution is -0.146. The Morgan fingerprint density at radius 1 is 1.02 bits per heavy atom. The molecular formula is C30H32ClN3O7. The summed E-state index contributed by atoms with van der Waals surface area (Å²) in [5.74, 6) is -0.592. The first kappa shape index (κ1) is 29.0. The lowest BCUT2D eigenvalue weighted by Gasteiger charge is -2.31. The van der Waals surface area contributed by atoms with Crippen LogP contribution in [0.25, 0.3) is 33.5 Å². The molecule has 4 aromatic rings. The van der Waals surface area contributed by atoms with Gasteiger partial charge in [0.25, 0.3) is 6.01 Å². The number of halogens is 1. The molecule has 0 bridgehead atoms. The van der Waals surface area contributed by atoms with Crippen LogP contribution in [0, 0.1) is 5.92 Å². The number of fused-ring (bicyclic) bond motifs is 1. The highest BCUT2D eigenvalue weighted by atomic mass is 35.5. The molecule has 10 nitrogen and oxygen atoms in total. The number of carbonyl (C=O) groups excluding carboxylic acids is 1. The number of imidazole rings is 1. The third kappa shape index (κ3) is 7.03. The van der Waals surface area contributed by atoms with Crippen LogP contribution < -0.4 is 4.74 Å². The Balaban J connectivity index is 1.24. The minimum atomic E-state index is -1.08. The van der Waals surface area contributed by atoms with Crippen molar-refractivity contribution in [2.24, 2.45) is 5.92 Å². The van der Waals surface area contributed by atoms with E-state index in [1.807, 2.05) is 48.5 Å². The SMILES string of the molecule is O=C(Cc1ccc(-c2ccc(-c3nc4nc(O[C@H]5CC[C@H](CO)[C@@H](O)C5)[nH]c4cc3Cl)cc2)cc1)OCC(O)CO. The van der Waals surface area contributed by atoms with E-state index in [0.717, 1.165) is 28.7 Å². The minimum Gasteiger partial charge on any atom is -0.463 e. The summed E-state index contributed by atoms with van der Waals surface area (Å²) in [5.41, 5.74) is 5.22. The van der Waals surface area contributed by atoms with Crippen molar-refractivity contribution in [3.05, 3.63) is 65.2 Å². The normalized spacial score (nSPS) is 19.7. The van der Waals surface area contributed by atoms with Gasteiger partial charge in [0.2, 0.25) is 0 Å². The van der Waals surface area contributed by atoms with Gasteiger partial charge in [-0.1, -0.05) is 60.1 Å². The van der Waals surface area contributed by atoms with E-state index in [4.69, 9.17) is 26.2 Å². The fourth-order valence-corrected chi connectivity index (χ4v) is 5.16. The van der Waals surface area contributed by atoms with Gasteiger partial charge in [0.15, 0.2) is 5.65 Å². The highest BCUT2D eigenvalue weighted by Gasteiger charge is 2.30. The molecule has 1 saturated carbocycles. The largest absolute Gasteiger partial charge is 0.463 e. The predicted molar refractivity (Wildman–Crippen MR) is 152 cm³/mol. The van der Waals surface area contributed by atoms with Crippen LogP contribution in [0.5, 0.6) is 6.01 Å². The van der Waals surface area contributed by atoms with Gasteiger partial charge in [-0.05, 0) is 35.6 Å². The number of pyridine rings is 1. The number of rotatable bonds is 10. The van der Waals surface area contributed by atoms with Gasteiger partial charge in [-0.3, -0.25) is 4.79 Å². The zero-order valence-electron chi connectivity index (χ0n) is 22.2. The zero-order valence-corrected chi connectivity index (χ0v) is 23.0. The summed E-state index contributed by atoms with van der Waals surface area (Å²) in [4.78, 5) is 24.2. The van der Waals surface area contributed by atoms with Gasteiger partial charge in [-0.15, -0.1) is 0 Å². The van der Waals surface area contributed by atoms with E-state index >= 15 is 0 Å². The summed E-state index contributed by atoms with van der Waals surface area (Å²) in [6.07, 6.45) is 0.0120. The number of hydrogen-bond acceptors (Lipinski definition) is 9. The molecule has 0 amide bonds. The van der Waals surface area contributed by atoms with E-state index in [9.17, 15) is 20.1 Å². The second-order valence-electron chi connectivity index (χ2n) is 10.3. The van der Waals surface area contributed by atoms with Crippen LogP contribution in [0.3, 0.4) is 0 Å². The van der Waals surface area contributed by atoms with Crippen molar-refractivity contribution in [1.29, 1.82) is 0 Å². The van der Waals surface area contributed by atoms with E-state index in [2.05, 4.69) is 15.0 Å². The summed E-state index contributed by atoms with van der Waals surface area (Å²) < 4.78 is 10.9. The topological polar surface area (TPSA) is 158 Å². The van der Waals surface area contributed by atoms with E-state index in [1.54, 1.807) is 6.07 Å². The number of aliphatic hydroxyl groups is 4. The Morgan fingerprint density at radius 3 is 2.37 bits per heavy atom. The third-order valence-electron chi connectivity index (χ3n) is 7.27. The number of nitrogens with zero attached hydrogens (tertiary/aromatic N) is 2. The Bertz CT molecular complexity index is 1480. The molecule has 4 atom stereocenters. The van der Waals surface area contributed by atoms with Crippen molar-refractivity contribution < 1.29 is 34.7 Å². The van der Waals surface area contributed by atoms with Crippen molar-refractivity contribution in [2.45, 2.75) is 44.0 Å². The van der Waals surface area contributed by atoms with E-state index in [1.165, 1.54) is 0 Å². The Hall–Kier alpha value is -3.54. The molecule has 0 spiro atoms. The van der Waals surface area contributed by atoms with Gasteiger partial charge >= 0.3 is 5.97 Å². The average Bonchev–Trinajstić information content (AvgIpc) is 3.37. The lowest BCUT2D eigenvalue weighted by Crippen LogP contribution is -2.36. The van der Waals surface area contributed by atoms with Crippen LogP contribution in [0.15, 0.2) is 54.6 Å². The zero-order chi connectivity index (χ0) is 28.9. The van der Waals surface area contributed by atoms with Crippen molar-refractivity contribution >= 4 is 28.7 Å². The standard InChI is InChI=1S/C30H32ClN3O7/c31-24-13-25-29(34-30(32-25)41-23-10-9-21(14-35)26(38)12-23)33-28(24)20-7-5-19(6-8-20)18-3-1-17(2-4-18)11-27(39)40-16-22(37)15-36/h1-8,13,21-23,26,35-38H,9-12,14-16H2,(H,32,33,34)/t21-,22?,23+,26+/m1/s1.